The Bertz CT molecular complexity index is 938. The van der Waals surface area contributed by atoms with Gasteiger partial charge in [0.25, 0.3) is 5.91 Å². The lowest BCUT2D eigenvalue weighted by Crippen LogP contribution is -2.28. The van der Waals surface area contributed by atoms with Gasteiger partial charge in [0.1, 0.15) is 0 Å². The van der Waals surface area contributed by atoms with E-state index in [9.17, 15) is 14.4 Å². The van der Waals surface area contributed by atoms with Crippen LogP contribution in [0, 0.1) is 19.8 Å². The number of nitrogens with one attached hydrogen (secondary N) is 1. The molecule has 29 heavy (non-hydrogen) atoms. The zero-order chi connectivity index (χ0) is 21.0. The summed E-state index contributed by atoms with van der Waals surface area (Å²) in [5.41, 5.74) is 4.75. The second kappa shape index (κ2) is 8.90. The summed E-state index contributed by atoms with van der Waals surface area (Å²) in [4.78, 5) is 38.6. The molecule has 0 spiro atoms. The molecular formula is C23H26N2O4. The highest BCUT2D eigenvalue weighted by Crippen LogP contribution is 2.29. The monoisotopic (exact) mass is 394 g/mol. The Balaban J connectivity index is 1.55. The maximum atomic E-state index is 12.4. The van der Waals surface area contributed by atoms with Crippen LogP contribution in [0.3, 0.4) is 0 Å². The number of hydrogen-bond acceptors (Lipinski definition) is 4. The third kappa shape index (κ3) is 4.83. The van der Waals surface area contributed by atoms with Gasteiger partial charge in [-0.25, -0.2) is 0 Å². The van der Waals surface area contributed by atoms with Crippen molar-refractivity contribution < 1.29 is 19.1 Å². The second-order valence-electron chi connectivity index (χ2n) is 7.34. The van der Waals surface area contributed by atoms with Gasteiger partial charge in [0.05, 0.1) is 5.92 Å². The third-order valence-corrected chi connectivity index (χ3v) is 5.26. The molecule has 2 amide bonds. The van der Waals surface area contributed by atoms with Crippen molar-refractivity contribution in [3.63, 3.8) is 0 Å². The van der Waals surface area contributed by atoms with Crippen LogP contribution >= 0.6 is 0 Å². The van der Waals surface area contributed by atoms with Crippen molar-refractivity contribution >= 4 is 29.2 Å². The normalized spacial score (nSPS) is 16.0. The number of rotatable bonds is 6. The van der Waals surface area contributed by atoms with E-state index in [2.05, 4.69) is 5.32 Å². The fraction of sp³-hybridized carbons (Fsp3) is 0.348. The van der Waals surface area contributed by atoms with E-state index in [1.54, 1.807) is 11.0 Å². The van der Waals surface area contributed by atoms with Gasteiger partial charge in [-0.05, 0) is 55.2 Å². The molecule has 0 radical (unpaired) electrons. The molecule has 0 aliphatic carbocycles. The lowest BCUT2D eigenvalue weighted by atomic mass is 10.1. The van der Waals surface area contributed by atoms with Crippen molar-refractivity contribution in [2.45, 2.75) is 33.6 Å². The van der Waals surface area contributed by atoms with Crippen LogP contribution in [0.25, 0.3) is 0 Å². The van der Waals surface area contributed by atoms with Gasteiger partial charge < -0.3 is 15.0 Å². The minimum Gasteiger partial charge on any atom is -0.455 e. The molecule has 152 valence electrons. The molecule has 1 N–H and O–H groups in total. The van der Waals surface area contributed by atoms with Gasteiger partial charge in [0.2, 0.25) is 5.91 Å². The largest absolute Gasteiger partial charge is 0.455 e. The van der Waals surface area contributed by atoms with Crippen molar-refractivity contribution in [3.8, 4) is 0 Å². The molecule has 6 nitrogen and oxygen atoms in total. The molecule has 0 aromatic heterocycles. The molecular weight excluding hydrogens is 368 g/mol. The molecule has 1 heterocycles. The van der Waals surface area contributed by atoms with Crippen molar-refractivity contribution in [3.05, 3.63) is 59.2 Å². The van der Waals surface area contributed by atoms with Crippen LogP contribution in [0.4, 0.5) is 11.4 Å². The second-order valence-corrected chi connectivity index (χ2v) is 7.34. The molecule has 1 atom stereocenters. The molecule has 3 rings (SSSR count). The van der Waals surface area contributed by atoms with E-state index >= 15 is 0 Å². The minimum absolute atomic E-state index is 0.0929. The molecule has 0 unspecified atom stereocenters. The lowest BCUT2D eigenvalue weighted by Gasteiger charge is -2.19. The fourth-order valence-corrected chi connectivity index (χ4v) is 3.44. The quantitative estimate of drug-likeness (QED) is 0.762. The number of esters is 1. The number of aryl methyl sites for hydroxylation is 3. The Hall–Kier alpha value is -3.15. The Morgan fingerprint density at radius 3 is 2.62 bits per heavy atom. The number of hydrogen-bond donors (Lipinski definition) is 1. The summed E-state index contributed by atoms with van der Waals surface area (Å²) in [5.74, 6) is -1.60. The van der Waals surface area contributed by atoms with E-state index in [4.69, 9.17) is 4.74 Å². The van der Waals surface area contributed by atoms with Gasteiger partial charge in [0, 0.05) is 24.3 Å². The van der Waals surface area contributed by atoms with Crippen LogP contribution in [0.15, 0.2) is 42.5 Å². The summed E-state index contributed by atoms with van der Waals surface area (Å²) in [6, 6.07) is 13.3. The van der Waals surface area contributed by atoms with Gasteiger partial charge >= 0.3 is 5.97 Å². The summed E-state index contributed by atoms with van der Waals surface area (Å²) >= 11 is 0. The highest BCUT2D eigenvalue weighted by Gasteiger charge is 2.37. The highest BCUT2D eigenvalue weighted by atomic mass is 16.5. The lowest BCUT2D eigenvalue weighted by molar-refractivity contribution is -0.151. The van der Waals surface area contributed by atoms with Crippen LogP contribution in [-0.2, 0) is 25.5 Å². The minimum atomic E-state index is -0.568. The first-order valence-corrected chi connectivity index (χ1v) is 9.81. The van der Waals surface area contributed by atoms with Gasteiger partial charge in [0.15, 0.2) is 6.61 Å². The molecule has 1 aliphatic rings. The first-order chi connectivity index (χ1) is 13.9. The zero-order valence-electron chi connectivity index (χ0n) is 17.0. The predicted molar refractivity (Wildman–Crippen MR) is 112 cm³/mol. The topological polar surface area (TPSA) is 75.7 Å². The Morgan fingerprint density at radius 1 is 1.14 bits per heavy atom. The number of carbonyl (C=O) groups excluding carboxylic acids is 3. The smallest absolute Gasteiger partial charge is 0.311 e. The number of ether oxygens (including phenoxy) is 1. The number of benzene rings is 2. The van der Waals surface area contributed by atoms with Crippen molar-refractivity contribution in [2.24, 2.45) is 5.92 Å². The van der Waals surface area contributed by atoms with E-state index in [1.807, 2.05) is 57.2 Å². The molecule has 1 aliphatic heterocycles. The molecule has 2 aromatic carbocycles. The standard InChI is InChI=1S/C23H26N2O4/c1-4-17-7-5-6-8-20(17)25-13-18(12-22(25)27)23(28)29-14-21(26)24-19-10-9-15(2)16(3)11-19/h5-11,18H,4,12-14H2,1-3H3,(H,24,26)/t18-/m1/s1. The van der Waals surface area contributed by atoms with E-state index in [1.165, 1.54) is 0 Å². The highest BCUT2D eigenvalue weighted by molar-refractivity contribution is 6.00. The molecule has 6 heteroatoms. The maximum Gasteiger partial charge on any atom is 0.311 e. The maximum absolute atomic E-state index is 12.4. The van der Waals surface area contributed by atoms with Crippen LogP contribution in [0.2, 0.25) is 0 Å². The average Bonchev–Trinajstić information content (AvgIpc) is 3.10. The SMILES string of the molecule is CCc1ccccc1N1C[C@H](C(=O)OCC(=O)Nc2ccc(C)c(C)c2)CC1=O. The number of anilines is 2. The van der Waals surface area contributed by atoms with E-state index in [-0.39, 0.29) is 25.5 Å². The van der Waals surface area contributed by atoms with Gasteiger partial charge in [-0.15, -0.1) is 0 Å². The van der Waals surface area contributed by atoms with E-state index < -0.39 is 17.8 Å². The van der Waals surface area contributed by atoms with Crippen molar-refractivity contribution in [1.82, 2.24) is 0 Å². The summed E-state index contributed by atoms with van der Waals surface area (Å²) in [6.45, 7) is 5.88. The molecule has 0 bridgehead atoms. The zero-order valence-corrected chi connectivity index (χ0v) is 17.0. The predicted octanol–water partition coefficient (Wildman–Crippen LogP) is 3.40. The molecule has 0 saturated carbocycles. The number of nitrogens with zero attached hydrogens (tertiary/aromatic N) is 1. The van der Waals surface area contributed by atoms with E-state index in [0.29, 0.717) is 5.69 Å². The first kappa shape index (κ1) is 20.6. The van der Waals surface area contributed by atoms with Gasteiger partial charge in [-0.3, -0.25) is 14.4 Å². The fourth-order valence-electron chi connectivity index (χ4n) is 3.44. The van der Waals surface area contributed by atoms with Crippen molar-refractivity contribution in [2.75, 3.05) is 23.4 Å². The summed E-state index contributed by atoms with van der Waals surface area (Å²) in [5, 5.41) is 2.72. The van der Waals surface area contributed by atoms with Gasteiger partial charge in [-0.1, -0.05) is 31.2 Å². The van der Waals surface area contributed by atoms with Crippen LogP contribution in [0.5, 0.6) is 0 Å². The summed E-state index contributed by atoms with van der Waals surface area (Å²) < 4.78 is 5.17. The molecule has 1 saturated heterocycles. The first-order valence-electron chi connectivity index (χ1n) is 9.81. The Labute approximate surface area is 170 Å². The number of para-hydroxylation sites is 1. The Kier molecular flexibility index (Phi) is 6.32. The number of carbonyl (C=O) groups is 3. The van der Waals surface area contributed by atoms with Gasteiger partial charge in [-0.2, -0.15) is 0 Å². The Morgan fingerprint density at radius 2 is 1.90 bits per heavy atom. The third-order valence-electron chi connectivity index (χ3n) is 5.26. The molecule has 1 fully saturated rings. The van der Waals surface area contributed by atoms with Crippen LogP contribution < -0.4 is 10.2 Å². The van der Waals surface area contributed by atoms with Crippen LogP contribution in [-0.4, -0.2) is 30.9 Å². The van der Waals surface area contributed by atoms with E-state index in [0.717, 1.165) is 28.8 Å². The number of amides is 2. The van der Waals surface area contributed by atoms with Crippen LogP contribution in [0.1, 0.15) is 30.0 Å². The molecule has 2 aromatic rings. The summed E-state index contributed by atoms with van der Waals surface area (Å²) in [7, 11) is 0. The average molecular weight is 394 g/mol. The summed E-state index contributed by atoms with van der Waals surface area (Å²) in [6.07, 6.45) is 0.892. The van der Waals surface area contributed by atoms with Crippen molar-refractivity contribution in [1.29, 1.82) is 0 Å².